The number of nitrogens with two attached hydrogens (primary N) is 2. The van der Waals surface area contributed by atoms with Crippen LogP contribution in [0.2, 0.25) is 5.15 Å². The fourth-order valence-electron chi connectivity index (χ4n) is 4.77. The maximum atomic E-state index is 12.8. The van der Waals surface area contributed by atoms with Crippen LogP contribution < -0.4 is 26.0 Å². The quantitative estimate of drug-likeness (QED) is 0.109. The zero-order valence-corrected chi connectivity index (χ0v) is 25.1. The predicted molar refractivity (Wildman–Crippen MR) is 162 cm³/mol. The van der Waals surface area contributed by atoms with Crippen molar-refractivity contribution in [1.82, 2.24) is 9.97 Å². The number of rotatable bonds is 16. The number of esters is 1. The lowest BCUT2D eigenvalue weighted by Gasteiger charge is -2.38. The Morgan fingerprint density at radius 1 is 0.857 bits per heavy atom. The van der Waals surface area contributed by atoms with Crippen LogP contribution in [0.15, 0.2) is 53.5 Å². The maximum absolute atomic E-state index is 12.8. The van der Waals surface area contributed by atoms with Gasteiger partial charge in [-0.1, -0.05) is 35.9 Å². The fourth-order valence-corrected chi connectivity index (χ4v) is 4.90. The summed E-state index contributed by atoms with van der Waals surface area (Å²) in [6.07, 6.45) is 3.25. The van der Waals surface area contributed by atoms with E-state index in [1.807, 2.05) is 48.5 Å². The molecule has 0 unspecified atom stereocenters. The Morgan fingerprint density at radius 3 is 1.86 bits per heavy atom. The molecule has 4 N–H and O–H groups in total. The summed E-state index contributed by atoms with van der Waals surface area (Å²) in [6.45, 7) is 2.10. The van der Waals surface area contributed by atoms with Gasteiger partial charge in [-0.15, -0.1) is 0 Å². The van der Waals surface area contributed by atoms with Gasteiger partial charge in [-0.25, -0.2) is 14.8 Å². The molecule has 0 radical (unpaired) electrons. The van der Waals surface area contributed by atoms with Gasteiger partial charge in [-0.05, 0) is 48.2 Å². The third-order valence-electron chi connectivity index (χ3n) is 7.14. The molecule has 0 bridgehead atoms. The van der Waals surface area contributed by atoms with Crippen LogP contribution in [0.4, 0.5) is 11.6 Å². The second-order valence-corrected chi connectivity index (χ2v) is 10.3. The van der Waals surface area contributed by atoms with E-state index < -0.39 is 5.90 Å². The topological polar surface area (TPSA) is 158 Å². The molecule has 0 aliphatic rings. The molecular weight excluding hydrogens is 560 g/mol. The molecule has 11 nitrogen and oxygen atoms in total. The normalized spacial score (nSPS) is 11.8. The van der Waals surface area contributed by atoms with Gasteiger partial charge < -0.3 is 35.3 Å². The molecule has 0 saturated heterocycles. The number of anilines is 2. The van der Waals surface area contributed by atoms with Gasteiger partial charge in [0, 0.05) is 18.7 Å². The van der Waals surface area contributed by atoms with Crippen molar-refractivity contribution < 1.29 is 28.6 Å². The number of halogens is 1. The SMILES string of the molecule is COC(=O)C[N+](CCCc1ccc(OC)cc1)(CCCc1ccc(OC)cc1)CCN=C([O-])c1nc(Cl)c(N)nc1N. The lowest BCUT2D eigenvalue weighted by molar-refractivity contribution is -0.920. The summed E-state index contributed by atoms with van der Waals surface area (Å²) >= 11 is 5.94. The minimum Gasteiger partial charge on any atom is -0.857 e. The summed E-state index contributed by atoms with van der Waals surface area (Å²) in [5, 5.41) is 12.7. The van der Waals surface area contributed by atoms with Crippen molar-refractivity contribution in [2.45, 2.75) is 25.7 Å². The number of aromatic nitrogens is 2. The Kier molecular flexibility index (Phi) is 12.2. The Morgan fingerprint density at radius 2 is 1.38 bits per heavy atom. The Balaban J connectivity index is 1.79. The van der Waals surface area contributed by atoms with Crippen molar-refractivity contribution in [2.24, 2.45) is 4.99 Å². The summed E-state index contributed by atoms with van der Waals surface area (Å²) in [7, 11) is 4.65. The average molecular weight is 599 g/mol. The van der Waals surface area contributed by atoms with E-state index in [0.717, 1.165) is 37.2 Å². The number of quaternary nitrogens is 1. The van der Waals surface area contributed by atoms with Gasteiger partial charge >= 0.3 is 5.97 Å². The number of methoxy groups -OCH3 is 3. The third kappa shape index (κ3) is 9.49. The average Bonchev–Trinajstić information content (AvgIpc) is 2.99. The number of nitrogen functional groups attached to an aromatic ring is 2. The second-order valence-electron chi connectivity index (χ2n) is 9.97. The largest absolute Gasteiger partial charge is 0.857 e. The number of aryl methyl sites for hydroxylation is 2. The van der Waals surface area contributed by atoms with Crippen LogP contribution in [0.25, 0.3) is 0 Å². The molecule has 0 fully saturated rings. The van der Waals surface area contributed by atoms with Crippen molar-refractivity contribution in [3.63, 3.8) is 0 Å². The molecule has 0 aliphatic carbocycles. The van der Waals surface area contributed by atoms with Gasteiger partial charge in [0.05, 0.1) is 47.5 Å². The summed E-state index contributed by atoms with van der Waals surface area (Å²) in [5.74, 6) is 0.428. The molecule has 2 aromatic carbocycles. The van der Waals surface area contributed by atoms with E-state index in [4.69, 9.17) is 37.3 Å². The molecule has 0 amide bonds. The molecule has 0 atom stereocenters. The number of hydrogen-bond acceptors (Lipinski definition) is 10. The number of hydrogen-bond donors (Lipinski definition) is 2. The highest BCUT2D eigenvalue weighted by atomic mass is 35.5. The first kappa shape index (κ1) is 32.4. The monoisotopic (exact) mass is 598 g/mol. The van der Waals surface area contributed by atoms with Crippen LogP contribution >= 0.6 is 11.6 Å². The molecule has 3 aromatic rings. The second kappa shape index (κ2) is 15.8. The molecule has 226 valence electrons. The van der Waals surface area contributed by atoms with Gasteiger partial charge in [-0.3, -0.25) is 4.99 Å². The standard InChI is InChI=1S/C30H39ClN6O5/c1-40-23-12-8-21(9-13-23)6-4-17-37(20-25(38)42-3,18-5-7-22-10-14-24(41-2)15-11-22)19-16-34-30(39)26-28(32)36-29(33)27(31)35-26/h8-15H,4-7,16-20H2,1-3H3,(H4-,32,33,34,36,39). The van der Waals surface area contributed by atoms with E-state index in [2.05, 4.69) is 15.0 Å². The smallest absolute Gasteiger partial charge is 0.361 e. The van der Waals surface area contributed by atoms with Crippen molar-refractivity contribution in [1.29, 1.82) is 0 Å². The maximum Gasteiger partial charge on any atom is 0.361 e. The van der Waals surface area contributed by atoms with Crippen LogP contribution in [0.1, 0.15) is 29.7 Å². The molecule has 42 heavy (non-hydrogen) atoms. The number of nitrogens with zero attached hydrogens (tertiary/aromatic N) is 4. The van der Waals surface area contributed by atoms with Gasteiger partial charge in [0.25, 0.3) is 0 Å². The highest BCUT2D eigenvalue weighted by molar-refractivity contribution is 6.31. The van der Waals surface area contributed by atoms with Crippen LogP contribution in [0.5, 0.6) is 11.5 Å². The highest BCUT2D eigenvalue weighted by Gasteiger charge is 2.30. The molecule has 1 aromatic heterocycles. The number of carbonyl (C=O) groups excluding carboxylic acids is 1. The number of aliphatic imine (C=N–C) groups is 1. The van der Waals surface area contributed by atoms with Crippen LogP contribution in [0, 0.1) is 0 Å². The summed E-state index contributed by atoms with van der Waals surface area (Å²) in [4.78, 5) is 24.7. The van der Waals surface area contributed by atoms with E-state index in [0.29, 0.717) is 24.1 Å². The zero-order valence-electron chi connectivity index (χ0n) is 24.3. The van der Waals surface area contributed by atoms with Crippen molar-refractivity contribution in [3.05, 3.63) is 70.5 Å². The molecule has 0 spiro atoms. The van der Waals surface area contributed by atoms with Crippen LogP contribution in [-0.4, -0.2) is 80.4 Å². The van der Waals surface area contributed by atoms with Gasteiger partial charge in [-0.2, -0.15) is 0 Å². The van der Waals surface area contributed by atoms with Gasteiger partial charge in [0.1, 0.15) is 17.2 Å². The lowest BCUT2D eigenvalue weighted by atomic mass is 10.1. The van der Waals surface area contributed by atoms with Crippen molar-refractivity contribution >= 4 is 35.1 Å². The summed E-state index contributed by atoms with van der Waals surface area (Å²) in [5.41, 5.74) is 13.6. The van der Waals surface area contributed by atoms with E-state index in [1.165, 1.54) is 18.2 Å². The molecular formula is C30H39ClN6O5. The Labute approximate surface area is 251 Å². The number of ether oxygens (including phenoxy) is 3. The number of carbonyl (C=O) groups is 1. The highest BCUT2D eigenvalue weighted by Crippen LogP contribution is 2.20. The number of benzene rings is 2. The van der Waals surface area contributed by atoms with E-state index >= 15 is 0 Å². The van der Waals surface area contributed by atoms with Gasteiger partial charge in [0.15, 0.2) is 23.3 Å². The first-order valence-corrected chi connectivity index (χ1v) is 14.0. The Hall–Kier alpha value is -4.09. The fraction of sp³-hybridized carbons (Fsp3) is 0.400. The van der Waals surface area contributed by atoms with E-state index in [1.54, 1.807) is 14.2 Å². The lowest BCUT2D eigenvalue weighted by Crippen LogP contribution is -2.54. The minimum absolute atomic E-state index is 0.0619. The third-order valence-corrected chi connectivity index (χ3v) is 7.42. The van der Waals surface area contributed by atoms with Gasteiger partial charge in [0.2, 0.25) is 0 Å². The van der Waals surface area contributed by atoms with Crippen molar-refractivity contribution in [2.75, 3.05) is 65.5 Å². The van der Waals surface area contributed by atoms with E-state index in [9.17, 15) is 9.90 Å². The predicted octanol–water partition coefficient (Wildman–Crippen LogP) is 2.67. The molecule has 12 heteroatoms. The minimum atomic E-state index is -0.644. The van der Waals surface area contributed by atoms with Crippen LogP contribution in [0.3, 0.4) is 0 Å². The Bertz CT molecular complexity index is 1280. The first-order chi connectivity index (χ1) is 20.2. The molecule has 3 rings (SSSR count). The summed E-state index contributed by atoms with van der Waals surface area (Å²) < 4.78 is 16.0. The van der Waals surface area contributed by atoms with Crippen molar-refractivity contribution in [3.8, 4) is 11.5 Å². The van der Waals surface area contributed by atoms with Crippen LogP contribution in [-0.2, 0) is 22.4 Å². The molecule has 0 saturated carbocycles. The molecule has 1 heterocycles. The van der Waals surface area contributed by atoms with E-state index in [-0.39, 0.29) is 41.5 Å². The zero-order chi connectivity index (χ0) is 30.5. The summed E-state index contributed by atoms with van der Waals surface area (Å²) in [6, 6.07) is 15.9. The molecule has 0 aliphatic heterocycles. The first-order valence-electron chi connectivity index (χ1n) is 13.7.